The van der Waals surface area contributed by atoms with Crippen LogP contribution in [0, 0.1) is 6.92 Å². The summed E-state index contributed by atoms with van der Waals surface area (Å²) in [5.41, 5.74) is 3.01. The second-order valence-electron chi connectivity index (χ2n) is 5.02. The van der Waals surface area contributed by atoms with Crippen molar-refractivity contribution in [3.63, 3.8) is 0 Å². The van der Waals surface area contributed by atoms with Gasteiger partial charge in [0.05, 0.1) is 10.2 Å². The van der Waals surface area contributed by atoms with Gasteiger partial charge in [0.15, 0.2) is 5.01 Å². The van der Waals surface area contributed by atoms with Gasteiger partial charge in [-0.1, -0.05) is 36.4 Å². The lowest BCUT2D eigenvalue weighted by molar-refractivity contribution is 0.100. The number of ketones is 1. The summed E-state index contributed by atoms with van der Waals surface area (Å²) in [6.45, 7) is 1.65. The molecule has 4 aromatic rings. The number of carbonyl (C=O) groups excluding carboxylic acids is 1. The summed E-state index contributed by atoms with van der Waals surface area (Å²) >= 11 is 1.33. The highest BCUT2D eigenvalue weighted by Crippen LogP contribution is 2.29. The van der Waals surface area contributed by atoms with E-state index in [1.165, 1.54) is 11.3 Å². The smallest absolute Gasteiger partial charge is 0.291 e. The first-order chi connectivity index (χ1) is 11.2. The molecule has 0 bridgehead atoms. The van der Waals surface area contributed by atoms with E-state index >= 15 is 0 Å². The molecule has 5 nitrogen and oxygen atoms in total. The minimum Gasteiger partial charge on any atom is -0.418 e. The average molecular weight is 321 g/mol. The normalized spacial score (nSPS) is 11.0. The second-order valence-corrected chi connectivity index (χ2v) is 6.05. The van der Waals surface area contributed by atoms with Crippen molar-refractivity contribution in [2.75, 3.05) is 0 Å². The van der Waals surface area contributed by atoms with E-state index < -0.39 is 0 Å². The fourth-order valence-electron chi connectivity index (χ4n) is 2.31. The molecule has 0 fully saturated rings. The molecule has 0 atom stereocenters. The average Bonchev–Trinajstić information content (AvgIpc) is 3.20. The molecule has 0 radical (unpaired) electrons. The molecule has 0 N–H and O–H groups in total. The first kappa shape index (κ1) is 13.8. The van der Waals surface area contributed by atoms with Gasteiger partial charge in [-0.05, 0) is 23.3 Å². The Morgan fingerprint density at radius 2 is 1.87 bits per heavy atom. The van der Waals surface area contributed by atoms with Gasteiger partial charge in [-0.2, -0.15) is 0 Å². The van der Waals surface area contributed by atoms with Crippen LogP contribution in [-0.2, 0) is 0 Å². The van der Waals surface area contributed by atoms with Gasteiger partial charge in [-0.25, -0.2) is 4.98 Å². The van der Waals surface area contributed by atoms with Crippen molar-refractivity contribution in [2.24, 2.45) is 0 Å². The molecule has 0 saturated heterocycles. The largest absolute Gasteiger partial charge is 0.418 e. The molecule has 2 heterocycles. The quantitative estimate of drug-likeness (QED) is 0.536. The standard InChI is InChI=1S/C17H11N3O2S/c1-10-19-20-16(22-10)15(21)17-18-13-8-7-12(9-14(13)23-17)11-5-3-2-4-6-11/h2-9H,1H3. The number of benzene rings is 2. The molecule has 0 spiro atoms. The predicted octanol–water partition coefficient (Wildman–Crippen LogP) is 3.89. The number of aromatic nitrogens is 3. The molecule has 112 valence electrons. The fourth-order valence-corrected chi connectivity index (χ4v) is 3.25. The number of hydrogen-bond donors (Lipinski definition) is 0. The van der Waals surface area contributed by atoms with Crippen molar-refractivity contribution < 1.29 is 9.21 Å². The minimum absolute atomic E-state index is 0.0233. The lowest BCUT2D eigenvalue weighted by Gasteiger charge is -2.00. The van der Waals surface area contributed by atoms with E-state index in [0.717, 1.165) is 21.3 Å². The highest BCUT2D eigenvalue weighted by Gasteiger charge is 2.20. The maximum Gasteiger partial charge on any atom is 0.291 e. The second kappa shape index (κ2) is 5.40. The lowest BCUT2D eigenvalue weighted by atomic mass is 10.1. The summed E-state index contributed by atoms with van der Waals surface area (Å²) in [6, 6.07) is 16.0. The molecule has 0 unspecified atom stereocenters. The highest BCUT2D eigenvalue weighted by atomic mass is 32.1. The SMILES string of the molecule is Cc1nnc(C(=O)c2nc3ccc(-c4ccccc4)cc3s2)o1. The van der Waals surface area contributed by atoms with Crippen LogP contribution < -0.4 is 0 Å². The van der Waals surface area contributed by atoms with Crippen molar-refractivity contribution in [1.29, 1.82) is 0 Å². The molecule has 2 aromatic heterocycles. The maximum atomic E-state index is 12.3. The molecule has 4 rings (SSSR count). The Labute approximate surface area is 135 Å². The monoisotopic (exact) mass is 321 g/mol. The van der Waals surface area contributed by atoms with E-state index in [9.17, 15) is 4.79 Å². The molecule has 0 aliphatic heterocycles. The lowest BCUT2D eigenvalue weighted by Crippen LogP contribution is -2.00. The van der Waals surface area contributed by atoms with Gasteiger partial charge in [0.25, 0.3) is 11.7 Å². The molecule has 0 saturated carbocycles. The summed E-state index contributed by atoms with van der Waals surface area (Å²) < 4.78 is 6.13. The van der Waals surface area contributed by atoms with E-state index in [-0.39, 0.29) is 11.7 Å². The van der Waals surface area contributed by atoms with Gasteiger partial charge in [-0.15, -0.1) is 21.5 Å². The summed E-state index contributed by atoms with van der Waals surface area (Å²) in [5, 5.41) is 7.79. The zero-order valence-electron chi connectivity index (χ0n) is 12.2. The van der Waals surface area contributed by atoms with Crippen LogP contribution in [-0.4, -0.2) is 21.0 Å². The van der Waals surface area contributed by atoms with E-state index in [4.69, 9.17) is 4.42 Å². The van der Waals surface area contributed by atoms with Crippen LogP contribution in [0.25, 0.3) is 21.3 Å². The van der Waals surface area contributed by atoms with Crippen LogP contribution in [0.2, 0.25) is 0 Å². The number of aryl methyl sites for hydroxylation is 1. The fraction of sp³-hybridized carbons (Fsp3) is 0.0588. The highest BCUT2D eigenvalue weighted by molar-refractivity contribution is 7.20. The molecular formula is C17H11N3O2S. The number of thiazole rings is 1. The van der Waals surface area contributed by atoms with Gasteiger partial charge < -0.3 is 4.42 Å². The topological polar surface area (TPSA) is 68.9 Å². The van der Waals surface area contributed by atoms with E-state index in [2.05, 4.69) is 27.3 Å². The number of hydrogen-bond acceptors (Lipinski definition) is 6. The summed E-state index contributed by atoms with van der Waals surface area (Å²) in [7, 11) is 0. The molecule has 0 aliphatic rings. The Balaban J connectivity index is 1.75. The van der Waals surface area contributed by atoms with Crippen LogP contribution in [0.3, 0.4) is 0 Å². The van der Waals surface area contributed by atoms with E-state index in [1.54, 1.807) is 6.92 Å². The van der Waals surface area contributed by atoms with Gasteiger partial charge in [0, 0.05) is 6.92 Å². The van der Waals surface area contributed by atoms with Crippen LogP contribution in [0.5, 0.6) is 0 Å². The number of fused-ring (bicyclic) bond motifs is 1. The Bertz CT molecular complexity index is 1010. The molecular weight excluding hydrogens is 310 g/mol. The summed E-state index contributed by atoms with van der Waals surface area (Å²) in [6.07, 6.45) is 0. The van der Waals surface area contributed by atoms with Crippen LogP contribution in [0.1, 0.15) is 21.6 Å². The Morgan fingerprint density at radius 1 is 1.04 bits per heavy atom. The van der Waals surface area contributed by atoms with Crippen LogP contribution in [0.4, 0.5) is 0 Å². The Morgan fingerprint density at radius 3 is 2.61 bits per heavy atom. The number of nitrogens with zero attached hydrogens (tertiary/aromatic N) is 3. The van der Waals surface area contributed by atoms with Crippen LogP contribution >= 0.6 is 11.3 Å². The molecule has 2 aromatic carbocycles. The predicted molar refractivity (Wildman–Crippen MR) is 87.5 cm³/mol. The summed E-state index contributed by atoms with van der Waals surface area (Å²) in [5.74, 6) is -0.00118. The van der Waals surface area contributed by atoms with Gasteiger partial charge >= 0.3 is 0 Å². The molecule has 0 aliphatic carbocycles. The van der Waals surface area contributed by atoms with Crippen LogP contribution in [0.15, 0.2) is 52.9 Å². The third-order valence-corrected chi connectivity index (χ3v) is 4.43. The first-order valence-corrected chi connectivity index (χ1v) is 7.83. The zero-order valence-corrected chi connectivity index (χ0v) is 13.0. The van der Waals surface area contributed by atoms with Crippen molar-refractivity contribution in [3.05, 3.63) is 65.3 Å². The minimum atomic E-state index is -0.340. The third kappa shape index (κ3) is 2.53. The van der Waals surface area contributed by atoms with Crippen molar-refractivity contribution >= 4 is 27.3 Å². The Hall–Kier alpha value is -2.86. The third-order valence-electron chi connectivity index (χ3n) is 3.41. The van der Waals surface area contributed by atoms with Gasteiger partial charge in [0.1, 0.15) is 0 Å². The summed E-state index contributed by atoms with van der Waals surface area (Å²) in [4.78, 5) is 16.7. The molecule has 0 amide bonds. The number of rotatable bonds is 3. The zero-order chi connectivity index (χ0) is 15.8. The van der Waals surface area contributed by atoms with E-state index in [1.807, 2.05) is 36.4 Å². The van der Waals surface area contributed by atoms with Gasteiger partial charge in [-0.3, -0.25) is 4.79 Å². The molecule has 23 heavy (non-hydrogen) atoms. The van der Waals surface area contributed by atoms with Crippen molar-refractivity contribution in [2.45, 2.75) is 6.92 Å². The molecule has 6 heteroatoms. The first-order valence-electron chi connectivity index (χ1n) is 7.01. The maximum absolute atomic E-state index is 12.3. The van der Waals surface area contributed by atoms with E-state index in [0.29, 0.717) is 10.9 Å². The van der Waals surface area contributed by atoms with Gasteiger partial charge in [0.2, 0.25) is 5.89 Å². The number of carbonyl (C=O) groups is 1. The van der Waals surface area contributed by atoms with Crippen molar-refractivity contribution in [3.8, 4) is 11.1 Å². The van der Waals surface area contributed by atoms with Crippen molar-refractivity contribution in [1.82, 2.24) is 15.2 Å². The Kier molecular flexibility index (Phi) is 3.24.